The standard InChI is InChI=1S/C10H17NO4/c1-5-6(2)9(13)8(7(3)12)11-10(14)15-4/h6,8H,5H2,1-4H3,(H,11,14). The highest BCUT2D eigenvalue weighted by molar-refractivity contribution is 6.08. The molecular weight excluding hydrogens is 198 g/mol. The summed E-state index contributed by atoms with van der Waals surface area (Å²) in [6.07, 6.45) is -0.141. The summed E-state index contributed by atoms with van der Waals surface area (Å²) < 4.78 is 4.34. The molecule has 0 aliphatic heterocycles. The summed E-state index contributed by atoms with van der Waals surface area (Å²) in [6, 6.07) is -1.09. The average molecular weight is 215 g/mol. The molecule has 0 saturated carbocycles. The lowest BCUT2D eigenvalue weighted by molar-refractivity contribution is -0.131. The number of carbonyl (C=O) groups is 3. The van der Waals surface area contributed by atoms with Crippen molar-refractivity contribution in [3.8, 4) is 0 Å². The minimum Gasteiger partial charge on any atom is -0.453 e. The summed E-state index contributed by atoms with van der Waals surface area (Å²) in [5, 5.41) is 2.22. The SMILES string of the molecule is CCC(C)C(=O)C(NC(=O)OC)C(C)=O. The van der Waals surface area contributed by atoms with Gasteiger partial charge in [-0.15, -0.1) is 0 Å². The quantitative estimate of drug-likeness (QED) is 0.692. The van der Waals surface area contributed by atoms with E-state index in [2.05, 4.69) is 10.1 Å². The maximum Gasteiger partial charge on any atom is 0.407 e. The number of ketones is 2. The highest BCUT2D eigenvalue weighted by Gasteiger charge is 2.28. The van der Waals surface area contributed by atoms with E-state index in [0.29, 0.717) is 6.42 Å². The lowest BCUT2D eigenvalue weighted by atomic mass is 9.95. The van der Waals surface area contributed by atoms with Crippen LogP contribution >= 0.6 is 0 Å². The molecule has 0 aliphatic rings. The van der Waals surface area contributed by atoms with Gasteiger partial charge in [0.15, 0.2) is 11.6 Å². The van der Waals surface area contributed by atoms with Gasteiger partial charge in [0, 0.05) is 5.92 Å². The summed E-state index contributed by atoms with van der Waals surface area (Å²) in [7, 11) is 1.18. The molecule has 0 saturated heterocycles. The predicted octanol–water partition coefficient (Wildman–Crippen LogP) is 0.915. The number of hydrogen-bond acceptors (Lipinski definition) is 4. The summed E-state index contributed by atoms with van der Waals surface area (Å²) in [5.41, 5.74) is 0. The number of alkyl carbamates (subject to hydrolysis) is 1. The molecule has 0 fully saturated rings. The van der Waals surface area contributed by atoms with E-state index in [1.54, 1.807) is 6.92 Å². The van der Waals surface area contributed by atoms with Gasteiger partial charge in [-0.2, -0.15) is 0 Å². The zero-order chi connectivity index (χ0) is 12.0. The third kappa shape index (κ3) is 4.10. The minimum atomic E-state index is -1.09. The van der Waals surface area contributed by atoms with Crippen LogP contribution in [0.1, 0.15) is 27.2 Å². The van der Waals surface area contributed by atoms with E-state index in [0.717, 1.165) is 0 Å². The summed E-state index contributed by atoms with van der Waals surface area (Å²) >= 11 is 0. The molecule has 0 spiro atoms. The van der Waals surface area contributed by atoms with Gasteiger partial charge >= 0.3 is 6.09 Å². The molecule has 0 heterocycles. The number of amides is 1. The number of rotatable bonds is 5. The lowest BCUT2D eigenvalue weighted by Crippen LogP contribution is -2.47. The highest BCUT2D eigenvalue weighted by Crippen LogP contribution is 2.06. The van der Waals surface area contributed by atoms with E-state index in [4.69, 9.17) is 0 Å². The van der Waals surface area contributed by atoms with Gasteiger partial charge in [0.2, 0.25) is 0 Å². The summed E-state index contributed by atoms with van der Waals surface area (Å²) in [4.78, 5) is 33.7. The van der Waals surface area contributed by atoms with Crippen molar-refractivity contribution in [2.24, 2.45) is 5.92 Å². The maximum absolute atomic E-state index is 11.7. The molecule has 0 radical (unpaired) electrons. The third-order valence-corrected chi connectivity index (χ3v) is 2.24. The van der Waals surface area contributed by atoms with Crippen LogP contribution in [0.2, 0.25) is 0 Å². The van der Waals surface area contributed by atoms with Gasteiger partial charge in [-0.05, 0) is 13.3 Å². The predicted molar refractivity (Wildman–Crippen MR) is 54.5 cm³/mol. The Balaban J connectivity index is 4.60. The van der Waals surface area contributed by atoms with Gasteiger partial charge < -0.3 is 10.1 Å². The molecule has 2 atom stereocenters. The number of ether oxygens (including phenoxy) is 1. The van der Waals surface area contributed by atoms with Crippen molar-refractivity contribution in [3.63, 3.8) is 0 Å². The van der Waals surface area contributed by atoms with Crippen molar-refractivity contribution < 1.29 is 19.1 Å². The van der Waals surface area contributed by atoms with Crippen LogP contribution in [-0.4, -0.2) is 30.8 Å². The fourth-order valence-corrected chi connectivity index (χ4v) is 1.04. The van der Waals surface area contributed by atoms with E-state index in [9.17, 15) is 14.4 Å². The Kier molecular flexibility index (Phi) is 5.59. The molecule has 15 heavy (non-hydrogen) atoms. The van der Waals surface area contributed by atoms with Crippen molar-refractivity contribution in [1.29, 1.82) is 0 Å². The first-order valence-corrected chi connectivity index (χ1v) is 4.82. The second-order valence-corrected chi connectivity index (χ2v) is 3.39. The van der Waals surface area contributed by atoms with Crippen LogP contribution in [0, 0.1) is 5.92 Å². The largest absolute Gasteiger partial charge is 0.453 e. The topological polar surface area (TPSA) is 72.5 Å². The number of carbonyl (C=O) groups excluding carboxylic acids is 3. The number of hydrogen-bond donors (Lipinski definition) is 1. The van der Waals surface area contributed by atoms with Crippen LogP contribution in [0.3, 0.4) is 0 Å². The molecule has 0 bridgehead atoms. The second kappa shape index (κ2) is 6.16. The molecular formula is C10H17NO4. The van der Waals surface area contributed by atoms with Crippen LogP contribution in [0.4, 0.5) is 4.79 Å². The molecule has 86 valence electrons. The molecule has 1 N–H and O–H groups in total. The fraction of sp³-hybridized carbons (Fsp3) is 0.700. The monoisotopic (exact) mass is 215 g/mol. The first-order valence-electron chi connectivity index (χ1n) is 4.82. The van der Waals surface area contributed by atoms with E-state index >= 15 is 0 Å². The van der Waals surface area contributed by atoms with Crippen molar-refractivity contribution in [1.82, 2.24) is 5.32 Å². The summed E-state index contributed by atoms with van der Waals surface area (Å²) in [6.45, 7) is 4.83. The van der Waals surface area contributed by atoms with Crippen LogP contribution in [0.25, 0.3) is 0 Å². The molecule has 0 aromatic carbocycles. The van der Waals surface area contributed by atoms with Gasteiger partial charge in [0.1, 0.15) is 6.04 Å². The van der Waals surface area contributed by atoms with Crippen LogP contribution in [0.5, 0.6) is 0 Å². The smallest absolute Gasteiger partial charge is 0.407 e. The van der Waals surface area contributed by atoms with Crippen LogP contribution in [-0.2, 0) is 14.3 Å². The van der Waals surface area contributed by atoms with Crippen molar-refractivity contribution in [2.75, 3.05) is 7.11 Å². The molecule has 0 aliphatic carbocycles. The van der Waals surface area contributed by atoms with Crippen molar-refractivity contribution in [3.05, 3.63) is 0 Å². The minimum absolute atomic E-state index is 0.254. The normalized spacial score (nSPS) is 13.9. The lowest BCUT2D eigenvalue weighted by Gasteiger charge is -2.17. The molecule has 5 heteroatoms. The maximum atomic E-state index is 11.7. The zero-order valence-electron chi connectivity index (χ0n) is 9.49. The Morgan fingerprint density at radius 3 is 2.20 bits per heavy atom. The third-order valence-electron chi connectivity index (χ3n) is 2.24. The van der Waals surface area contributed by atoms with Gasteiger partial charge in [-0.25, -0.2) is 4.79 Å². The van der Waals surface area contributed by atoms with Gasteiger partial charge in [0.05, 0.1) is 7.11 Å². The Hall–Kier alpha value is -1.39. The van der Waals surface area contributed by atoms with Gasteiger partial charge in [0.25, 0.3) is 0 Å². The van der Waals surface area contributed by atoms with Gasteiger partial charge in [-0.1, -0.05) is 13.8 Å². The van der Waals surface area contributed by atoms with Gasteiger partial charge in [-0.3, -0.25) is 9.59 Å². The average Bonchev–Trinajstić information content (AvgIpc) is 2.22. The number of methoxy groups -OCH3 is 1. The molecule has 1 amide bonds. The summed E-state index contributed by atoms with van der Waals surface area (Å²) in [5.74, 6) is -0.919. The van der Waals surface area contributed by atoms with E-state index < -0.39 is 12.1 Å². The van der Waals surface area contributed by atoms with Crippen LogP contribution < -0.4 is 5.32 Å². The Morgan fingerprint density at radius 1 is 1.33 bits per heavy atom. The highest BCUT2D eigenvalue weighted by atomic mass is 16.5. The number of Topliss-reactive ketones (excluding diaryl/α,β-unsaturated/α-hetero) is 2. The fourth-order valence-electron chi connectivity index (χ4n) is 1.04. The Labute approximate surface area is 89.2 Å². The van der Waals surface area contributed by atoms with Crippen LogP contribution in [0.15, 0.2) is 0 Å². The van der Waals surface area contributed by atoms with E-state index in [-0.39, 0.29) is 17.5 Å². The number of nitrogens with one attached hydrogen (secondary N) is 1. The molecule has 5 nitrogen and oxygen atoms in total. The van der Waals surface area contributed by atoms with E-state index in [1.165, 1.54) is 14.0 Å². The Bertz CT molecular complexity index is 262. The molecule has 0 aromatic rings. The van der Waals surface area contributed by atoms with Crippen molar-refractivity contribution in [2.45, 2.75) is 33.2 Å². The van der Waals surface area contributed by atoms with E-state index in [1.807, 2.05) is 6.92 Å². The Morgan fingerprint density at radius 2 is 1.87 bits per heavy atom. The second-order valence-electron chi connectivity index (χ2n) is 3.39. The molecule has 0 rings (SSSR count). The first kappa shape index (κ1) is 13.6. The molecule has 0 aromatic heterocycles. The van der Waals surface area contributed by atoms with Crippen molar-refractivity contribution >= 4 is 17.7 Å². The zero-order valence-corrected chi connectivity index (χ0v) is 9.49. The first-order chi connectivity index (χ1) is 6.93. The molecule has 2 unspecified atom stereocenters.